The van der Waals surface area contributed by atoms with Crippen molar-refractivity contribution in [3.05, 3.63) is 64.3 Å². The Bertz CT molecular complexity index is 2400. The molecule has 388 valence electrons. The number of hydrogen-bond acceptors (Lipinski definition) is 5. The van der Waals surface area contributed by atoms with Gasteiger partial charge < -0.3 is 0 Å². The van der Waals surface area contributed by atoms with E-state index in [0.29, 0.717) is 5.78 Å². The molecule has 0 amide bonds. The number of ketones is 1. The van der Waals surface area contributed by atoms with Crippen LogP contribution in [-0.4, -0.2) is 42.5 Å². The molecular weight excluding hydrogens is 1140 g/mol. The van der Waals surface area contributed by atoms with Crippen molar-refractivity contribution in [3.8, 4) is 0 Å². The zero-order chi connectivity index (χ0) is 50.4. The Morgan fingerprint density at radius 3 is 0.900 bits per heavy atom. The molecule has 4 aromatic heterocycles. The van der Waals surface area contributed by atoms with Gasteiger partial charge in [-0.05, 0) is 0 Å². The van der Waals surface area contributed by atoms with Gasteiger partial charge in [0.15, 0.2) is 0 Å². The quantitative estimate of drug-likeness (QED) is 0.0296. The van der Waals surface area contributed by atoms with Crippen molar-refractivity contribution in [2.75, 3.05) is 0 Å². The molecule has 4 heterocycles. The first-order chi connectivity index (χ1) is 33.6. The van der Waals surface area contributed by atoms with E-state index in [-0.39, 0.29) is 0 Å². The molecular formula is C63H98OS4Sn2. The second kappa shape index (κ2) is 28.6. The molecule has 6 rings (SSSR count). The number of aryl methyl sites for hydroxylation is 2. The number of fused-ring (bicyclic) bond motifs is 6. The van der Waals surface area contributed by atoms with E-state index in [1.54, 1.807) is 5.79 Å². The fraction of sp³-hybridized carbons (Fsp3) is 0.667. The summed E-state index contributed by atoms with van der Waals surface area (Å²) in [6.07, 6.45) is 41.3. The number of unbranched alkanes of at least 4 members (excludes halogenated alkanes) is 26. The molecule has 5 aromatic rings. The number of Topliss-reactive ketones (excluding diaryl/α,β-unsaturated/α-hetero) is 1. The van der Waals surface area contributed by atoms with Crippen LogP contribution in [0.25, 0.3) is 31.3 Å². The fourth-order valence-electron chi connectivity index (χ4n) is 11.5. The van der Waals surface area contributed by atoms with Crippen LogP contribution in [0, 0.1) is 27.7 Å². The normalized spacial score (nSPS) is 13.4. The number of thiophene rings is 4. The van der Waals surface area contributed by atoms with E-state index in [2.05, 4.69) is 83.3 Å². The number of benzene rings is 1. The Morgan fingerprint density at radius 1 is 0.371 bits per heavy atom. The van der Waals surface area contributed by atoms with Crippen LogP contribution in [0.3, 0.4) is 0 Å². The van der Waals surface area contributed by atoms with Gasteiger partial charge in [-0.25, -0.2) is 0 Å². The molecule has 0 atom stereocenters. The van der Waals surface area contributed by atoms with E-state index in [1.165, 1.54) is 252 Å². The van der Waals surface area contributed by atoms with Gasteiger partial charge in [-0.2, -0.15) is 0 Å². The first-order valence-corrected chi connectivity index (χ1v) is 52.4. The molecule has 0 spiro atoms. The minimum absolute atomic E-state index is 0.299. The topological polar surface area (TPSA) is 17.1 Å². The van der Waals surface area contributed by atoms with Crippen LogP contribution in [0.15, 0.2) is 12.1 Å². The fourth-order valence-corrected chi connectivity index (χ4v) is 31.3. The van der Waals surface area contributed by atoms with Crippen LogP contribution in [0.2, 0.25) is 29.6 Å². The van der Waals surface area contributed by atoms with Gasteiger partial charge in [-0.1, -0.05) is 155 Å². The average molecular weight is 1240 g/mol. The molecule has 1 nitrogen and oxygen atoms in total. The maximum absolute atomic E-state index is 15.9. The van der Waals surface area contributed by atoms with Crippen LogP contribution >= 0.6 is 45.3 Å². The summed E-state index contributed by atoms with van der Waals surface area (Å²) in [5, 5.41) is 5.41. The Kier molecular flexibility index (Phi) is 24.0. The second-order valence-electron chi connectivity index (χ2n) is 24.0. The predicted octanol–water partition coefficient (Wildman–Crippen LogP) is 19.6. The summed E-state index contributed by atoms with van der Waals surface area (Å²) in [5.41, 5.74) is 7.68. The van der Waals surface area contributed by atoms with E-state index >= 15 is 4.79 Å². The Morgan fingerprint density at radius 2 is 0.643 bits per heavy atom. The maximum atomic E-state index is 15.9. The van der Waals surface area contributed by atoms with E-state index in [4.69, 9.17) is 0 Å². The van der Waals surface area contributed by atoms with E-state index in [9.17, 15) is 0 Å². The summed E-state index contributed by atoms with van der Waals surface area (Å²) in [4.78, 5) is 36.8. The molecule has 0 saturated carbocycles. The predicted molar refractivity (Wildman–Crippen MR) is 328 cm³/mol. The van der Waals surface area contributed by atoms with Crippen molar-refractivity contribution in [1.82, 2.24) is 0 Å². The summed E-state index contributed by atoms with van der Waals surface area (Å²) in [5.74, 6) is 0.299. The molecule has 0 radical (unpaired) electrons. The van der Waals surface area contributed by atoms with Gasteiger partial charge in [0.05, 0.1) is 0 Å². The number of rotatable bonds is 34. The van der Waals surface area contributed by atoms with Crippen molar-refractivity contribution < 1.29 is 4.79 Å². The van der Waals surface area contributed by atoms with Crippen LogP contribution in [-0.2, 0) is 17.6 Å². The molecule has 0 aliphatic heterocycles. The van der Waals surface area contributed by atoms with Crippen molar-refractivity contribution >= 4 is 125 Å². The molecule has 0 N–H and O–H groups in total. The van der Waals surface area contributed by atoms with E-state index < -0.39 is 36.8 Å². The first kappa shape index (κ1) is 58.8. The molecule has 1 aliphatic carbocycles. The molecule has 70 heavy (non-hydrogen) atoms. The van der Waals surface area contributed by atoms with Crippen LogP contribution in [0.1, 0.15) is 235 Å². The van der Waals surface area contributed by atoms with Gasteiger partial charge in [-0.3, -0.25) is 0 Å². The average Bonchev–Trinajstić information content (AvgIpc) is 4.12. The molecule has 0 bridgehead atoms. The summed E-state index contributed by atoms with van der Waals surface area (Å²) in [6, 6.07) is 5.18. The van der Waals surface area contributed by atoms with Gasteiger partial charge in [0.1, 0.15) is 0 Å². The first-order valence-electron chi connectivity index (χ1n) is 29.1. The van der Waals surface area contributed by atoms with E-state index in [1.807, 2.05) is 45.3 Å². The SMILES string of the molecule is CCCCCCCCCCCCCCCCc1cc2c(s1)c1c(c3sc(CCCCCCCCCCCCCCCC)cc32)=C(c2s[c]([Sn]([CH3])([CH3])[CH3])c(C)c2C)C(=O)C=1c1s[c]([Sn]([CH3])([CH3])[CH3])c(C)c1C. The van der Waals surface area contributed by atoms with Crippen LogP contribution in [0.5, 0.6) is 0 Å². The standard InChI is InChI=1S/C57H80OS4.6CH3.2Sn/c1-7-9-11-13-15-17-19-21-23-25-27-29-31-33-35-45-37-47-48-38-46(36-34-32-30-28-26-24-22-20-18-16-14-12-10-8-2)62-57(48)50-49(56(47)61-45)51(54-43(5)41(3)39-59-54)53(58)52(50)55-44(6)42(4)40-60-55;;;;;;;;/h37-38H,7-36H2,1-6H3;6*1H3;;. The third kappa shape index (κ3) is 15.4. The summed E-state index contributed by atoms with van der Waals surface area (Å²) in [6.45, 7) is 14.0. The van der Waals surface area contributed by atoms with Gasteiger partial charge >= 0.3 is 303 Å². The molecule has 1 aliphatic rings. The Hall–Kier alpha value is -0.453. The minimum atomic E-state index is -2.48. The Balaban J connectivity index is 1.29. The van der Waals surface area contributed by atoms with Crippen molar-refractivity contribution in [3.63, 3.8) is 0 Å². The summed E-state index contributed by atoms with van der Waals surface area (Å²) < 4.78 is 6.01. The van der Waals surface area contributed by atoms with Crippen molar-refractivity contribution in [1.29, 1.82) is 0 Å². The van der Waals surface area contributed by atoms with Gasteiger partial charge in [0.2, 0.25) is 0 Å². The van der Waals surface area contributed by atoms with Crippen LogP contribution in [0.4, 0.5) is 0 Å². The monoisotopic (exact) mass is 1240 g/mol. The summed E-state index contributed by atoms with van der Waals surface area (Å²) in [7, 11) is 0. The third-order valence-electron chi connectivity index (χ3n) is 15.8. The molecule has 7 heteroatoms. The van der Waals surface area contributed by atoms with Crippen molar-refractivity contribution in [2.24, 2.45) is 0 Å². The molecule has 0 unspecified atom stereocenters. The zero-order valence-corrected chi connectivity index (χ0v) is 55.9. The number of hydrogen-bond donors (Lipinski definition) is 0. The third-order valence-corrected chi connectivity index (χ3v) is 40.5. The molecule has 0 saturated heterocycles. The van der Waals surface area contributed by atoms with Crippen LogP contribution < -0.4 is 16.2 Å². The van der Waals surface area contributed by atoms with Gasteiger partial charge in [0, 0.05) is 0 Å². The second-order valence-corrected chi connectivity index (χ2v) is 58.9. The van der Waals surface area contributed by atoms with Gasteiger partial charge in [-0.15, -0.1) is 0 Å². The van der Waals surface area contributed by atoms with Crippen molar-refractivity contribution in [2.45, 2.75) is 264 Å². The van der Waals surface area contributed by atoms with E-state index in [0.717, 1.165) is 24.0 Å². The van der Waals surface area contributed by atoms with Gasteiger partial charge in [0.25, 0.3) is 0 Å². The summed E-state index contributed by atoms with van der Waals surface area (Å²) >= 11 is 3.12. The Labute approximate surface area is 453 Å². The molecule has 1 aromatic carbocycles. The molecule has 0 fully saturated rings. The number of carbonyl (C=O) groups excluding carboxylic acids is 1. The number of carbonyl (C=O) groups is 1. The zero-order valence-electron chi connectivity index (χ0n) is 46.9.